The van der Waals surface area contributed by atoms with Gasteiger partial charge in [0.1, 0.15) is 16.8 Å². The van der Waals surface area contributed by atoms with Crippen LogP contribution < -0.4 is 5.32 Å². The Morgan fingerprint density at radius 2 is 1.78 bits per heavy atom. The molecule has 1 heterocycles. The van der Waals surface area contributed by atoms with E-state index in [4.69, 9.17) is 11.6 Å². The summed E-state index contributed by atoms with van der Waals surface area (Å²) in [6.45, 7) is 5.23. The zero-order chi connectivity index (χ0) is 13.2. The highest BCUT2D eigenvalue weighted by molar-refractivity contribution is 6.29. The van der Waals surface area contributed by atoms with Crippen molar-refractivity contribution in [2.75, 3.05) is 11.9 Å². The number of hydrogen-bond acceptors (Lipinski definition) is 3. The first-order valence-electron chi connectivity index (χ1n) is 7.03. The molecule has 0 aliphatic carbocycles. The van der Waals surface area contributed by atoms with Crippen molar-refractivity contribution in [3.8, 4) is 0 Å². The normalized spacial score (nSPS) is 10.6. The topological polar surface area (TPSA) is 37.8 Å². The van der Waals surface area contributed by atoms with Gasteiger partial charge in [-0.15, -0.1) is 0 Å². The van der Waals surface area contributed by atoms with Crippen LogP contribution in [0.2, 0.25) is 5.15 Å². The molecule has 0 spiro atoms. The van der Waals surface area contributed by atoms with Crippen LogP contribution in [0.5, 0.6) is 0 Å². The fraction of sp³-hybridized carbons (Fsp3) is 0.714. The Morgan fingerprint density at radius 3 is 2.50 bits per heavy atom. The predicted molar refractivity (Wildman–Crippen MR) is 78.3 cm³/mol. The number of halogens is 1. The SMILES string of the molecule is CCCCCCCCNc1cc(Cl)nc(CC)n1. The van der Waals surface area contributed by atoms with Crippen molar-refractivity contribution in [1.82, 2.24) is 9.97 Å². The molecule has 0 radical (unpaired) electrons. The summed E-state index contributed by atoms with van der Waals surface area (Å²) in [6.07, 6.45) is 8.63. The van der Waals surface area contributed by atoms with E-state index in [1.54, 1.807) is 6.07 Å². The molecule has 0 atom stereocenters. The van der Waals surface area contributed by atoms with Crippen molar-refractivity contribution in [3.05, 3.63) is 17.0 Å². The lowest BCUT2D eigenvalue weighted by Gasteiger charge is -2.07. The molecule has 0 aliphatic rings. The molecule has 3 nitrogen and oxygen atoms in total. The van der Waals surface area contributed by atoms with E-state index in [-0.39, 0.29) is 0 Å². The molecule has 0 saturated heterocycles. The Kier molecular flexibility index (Phi) is 7.74. The molecular formula is C14H24ClN3. The van der Waals surface area contributed by atoms with E-state index in [1.165, 1.54) is 38.5 Å². The molecule has 0 aliphatic heterocycles. The van der Waals surface area contributed by atoms with Gasteiger partial charge in [0, 0.05) is 19.0 Å². The van der Waals surface area contributed by atoms with Gasteiger partial charge in [-0.2, -0.15) is 0 Å². The molecule has 0 unspecified atom stereocenters. The van der Waals surface area contributed by atoms with Gasteiger partial charge in [0.05, 0.1) is 0 Å². The fourth-order valence-corrected chi connectivity index (χ4v) is 2.04. The number of rotatable bonds is 9. The maximum atomic E-state index is 5.93. The molecular weight excluding hydrogens is 246 g/mol. The molecule has 0 amide bonds. The average Bonchev–Trinajstić information content (AvgIpc) is 2.37. The zero-order valence-corrected chi connectivity index (χ0v) is 12.3. The Balaban J connectivity index is 2.20. The smallest absolute Gasteiger partial charge is 0.134 e. The molecule has 1 aromatic rings. The molecule has 0 aromatic carbocycles. The van der Waals surface area contributed by atoms with E-state index in [1.807, 2.05) is 6.92 Å². The van der Waals surface area contributed by atoms with Crippen LogP contribution in [0, 0.1) is 0 Å². The van der Waals surface area contributed by atoms with E-state index < -0.39 is 0 Å². The van der Waals surface area contributed by atoms with Crippen molar-refractivity contribution in [1.29, 1.82) is 0 Å². The van der Waals surface area contributed by atoms with Gasteiger partial charge in [-0.3, -0.25) is 0 Å². The van der Waals surface area contributed by atoms with Crippen molar-refractivity contribution in [2.24, 2.45) is 0 Å². The number of aromatic nitrogens is 2. The quantitative estimate of drug-likeness (QED) is 0.531. The number of nitrogens with one attached hydrogen (secondary N) is 1. The molecule has 1 aromatic heterocycles. The third-order valence-corrected chi connectivity index (χ3v) is 3.09. The zero-order valence-electron chi connectivity index (χ0n) is 11.5. The van der Waals surface area contributed by atoms with E-state index in [9.17, 15) is 0 Å². The standard InChI is InChI=1S/C14H24ClN3/c1-3-5-6-7-8-9-10-16-14-11-12(15)17-13(4-2)18-14/h11H,3-10H2,1-2H3,(H,16,17,18). The fourth-order valence-electron chi connectivity index (χ4n) is 1.84. The van der Waals surface area contributed by atoms with Crippen LogP contribution in [-0.4, -0.2) is 16.5 Å². The van der Waals surface area contributed by atoms with Crippen LogP contribution in [0.15, 0.2) is 6.07 Å². The minimum atomic E-state index is 0.521. The molecule has 1 rings (SSSR count). The maximum Gasteiger partial charge on any atom is 0.134 e. The highest BCUT2D eigenvalue weighted by Gasteiger charge is 2.01. The number of nitrogens with zero attached hydrogens (tertiary/aromatic N) is 2. The second kappa shape index (κ2) is 9.15. The predicted octanol–water partition coefficient (Wildman–Crippen LogP) is 4.46. The molecule has 0 saturated carbocycles. The highest BCUT2D eigenvalue weighted by Crippen LogP contribution is 2.12. The minimum Gasteiger partial charge on any atom is -0.370 e. The number of hydrogen-bond donors (Lipinski definition) is 1. The van der Waals surface area contributed by atoms with Gasteiger partial charge in [-0.25, -0.2) is 9.97 Å². The van der Waals surface area contributed by atoms with Gasteiger partial charge in [-0.1, -0.05) is 57.6 Å². The Morgan fingerprint density at radius 1 is 1.06 bits per heavy atom. The summed E-state index contributed by atoms with van der Waals surface area (Å²) >= 11 is 5.93. The Bertz CT molecular complexity index is 342. The van der Waals surface area contributed by atoms with E-state index in [0.717, 1.165) is 24.6 Å². The molecule has 0 bridgehead atoms. The van der Waals surface area contributed by atoms with Crippen LogP contribution in [0.25, 0.3) is 0 Å². The van der Waals surface area contributed by atoms with Crippen molar-refractivity contribution < 1.29 is 0 Å². The summed E-state index contributed by atoms with van der Waals surface area (Å²) < 4.78 is 0. The van der Waals surface area contributed by atoms with Crippen molar-refractivity contribution >= 4 is 17.4 Å². The van der Waals surface area contributed by atoms with Crippen LogP contribution >= 0.6 is 11.6 Å². The lowest BCUT2D eigenvalue weighted by Crippen LogP contribution is -2.05. The molecule has 0 fully saturated rings. The summed E-state index contributed by atoms with van der Waals surface area (Å²) in [5.41, 5.74) is 0. The third kappa shape index (κ3) is 6.20. The second-order valence-corrected chi connectivity index (χ2v) is 4.93. The summed E-state index contributed by atoms with van der Waals surface area (Å²) in [6, 6.07) is 1.79. The van der Waals surface area contributed by atoms with Gasteiger partial charge >= 0.3 is 0 Å². The number of anilines is 1. The van der Waals surface area contributed by atoms with Crippen LogP contribution in [-0.2, 0) is 6.42 Å². The summed E-state index contributed by atoms with van der Waals surface area (Å²) in [5, 5.41) is 3.84. The van der Waals surface area contributed by atoms with Gasteiger partial charge in [0.2, 0.25) is 0 Å². The van der Waals surface area contributed by atoms with Gasteiger partial charge in [-0.05, 0) is 6.42 Å². The van der Waals surface area contributed by atoms with Crippen LogP contribution in [0.3, 0.4) is 0 Å². The maximum absolute atomic E-state index is 5.93. The summed E-state index contributed by atoms with van der Waals surface area (Å²) in [4.78, 5) is 8.54. The third-order valence-electron chi connectivity index (χ3n) is 2.89. The van der Waals surface area contributed by atoms with E-state index in [0.29, 0.717) is 5.15 Å². The molecule has 18 heavy (non-hydrogen) atoms. The minimum absolute atomic E-state index is 0.521. The van der Waals surface area contributed by atoms with Crippen molar-refractivity contribution in [3.63, 3.8) is 0 Å². The Hall–Kier alpha value is -0.830. The van der Waals surface area contributed by atoms with E-state index >= 15 is 0 Å². The second-order valence-electron chi connectivity index (χ2n) is 4.54. The monoisotopic (exact) mass is 269 g/mol. The van der Waals surface area contributed by atoms with Crippen LogP contribution in [0.4, 0.5) is 5.82 Å². The van der Waals surface area contributed by atoms with Gasteiger partial charge in [0.25, 0.3) is 0 Å². The van der Waals surface area contributed by atoms with Crippen molar-refractivity contribution in [2.45, 2.75) is 58.8 Å². The van der Waals surface area contributed by atoms with E-state index in [2.05, 4.69) is 22.2 Å². The summed E-state index contributed by atoms with van der Waals surface area (Å²) in [7, 11) is 0. The Labute approximate surface area is 115 Å². The summed E-state index contributed by atoms with van der Waals surface area (Å²) in [5.74, 6) is 1.65. The number of aryl methyl sites for hydroxylation is 1. The average molecular weight is 270 g/mol. The molecule has 4 heteroatoms. The first-order valence-corrected chi connectivity index (χ1v) is 7.41. The molecule has 102 valence electrons. The number of unbranched alkanes of at least 4 members (excludes halogenated alkanes) is 5. The largest absolute Gasteiger partial charge is 0.370 e. The first-order chi connectivity index (χ1) is 8.76. The molecule has 1 N–H and O–H groups in total. The van der Waals surface area contributed by atoms with Crippen LogP contribution in [0.1, 0.15) is 58.2 Å². The van der Waals surface area contributed by atoms with Gasteiger partial charge < -0.3 is 5.32 Å². The van der Waals surface area contributed by atoms with Gasteiger partial charge in [0.15, 0.2) is 0 Å². The first kappa shape index (κ1) is 15.2. The lowest BCUT2D eigenvalue weighted by molar-refractivity contribution is 0.616. The highest BCUT2D eigenvalue weighted by atomic mass is 35.5. The lowest BCUT2D eigenvalue weighted by atomic mass is 10.1.